The highest BCUT2D eigenvalue weighted by molar-refractivity contribution is 8.00. The third kappa shape index (κ3) is 5.38. The van der Waals surface area contributed by atoms with Crippen molar-refractivity contribution < 1.29 is 13.9 Å². The van der Waals surface area contributed by atoms with Gasteiger partial charge in [-0.1, -0.05) is 0 Å². The van der Waals surface area contributed by atoms with Gasteiger partial charge in [-0.05, 0) is 36.4 Å². The molecule has 1 heterocycles. The number of hydrogen-bond acceptors (Lipinski definition) is 5. The second kappa shape index (κ2) is 8.91. The molecule has 0 saturated carbocycles. The van der Waals surface area contributed by atoms with Crippen molar-refractivity contribution in [3.8, 4) is 11.8 Å². The molecule has 0 aliphatic heterocycles. The minimum Gasteiger partial charge on any atom is -0.497 e. The van der Waals surface area contributed by atoms with Crippen molar-refractivity contribution in [2.75, 3.05) is 19.4 Å². The van der Waals surface area contributed by atoms with Gasteiger partial charge in [-0.3, -0.25) is 4.79 Å². The Morgan fingerprint density at radius 1 is 1.35 bits per heavy atom. The van der Waals surface area contributed by atoms with E-state index < -0.39 is 0 Å². The fourth-order valence-electron chi connectivity index (χ4n) is 1.98. The van der Waals surface area contributed by atoms with Gasteiger partial charge in [-0.15, -0.1) is 11.8 Å². The van der Waals surface area contributed by atoms with Gasteiger partial charge in [0.2, 0.25) is 5.91 Å². The molecule has 0 aliphatic carbocycles. The maximum absolute atomic E-state index is 12.4. The van der Waals surface area contributed by atoms with E-state index in [-0.39, 0.29) is 5.91 Å². The summed E-state index contributed by atoms with van der Waals surface area (Å²) < 4.78 is 10.4. The molecule has 0 radical (unpaired) electrons. The quantitative estimate of drug-likeness (QED) is 0.695. The molecule has 1 amide bonds. The van der Waals surface area contributed by atoms with Gasteiger partial charge in [0.15, 0.2) is 0 Å². The summed E-state index contributed by atoms with van der Waals surface area (Å²) in [5, 5.41) is 8.75. The first-order valence-electron chi connectivity index (χ1n) is 7.17. The van der Waals surface area contributed by atoms with E-state index in [1.807, 2.05) is 30.3 Å². The van der Waals surface area contributed by atoms with Crippen LogP contribution in [0.5, 0.6) is 5.75 Å². The predicted molar refractivity (Wildman–Crippen MR) is 88.1 cm³/mol. The van der Waals surface area contributed by atoms with Crippen molar-refractivity contribution in [2.24, 2.45) is 0 Å². The van der Waals surface area contributed by atoms with Crippen LogP contribution in [0.15, 0.2) is 52.0 Å². The maximum atomic E-state index is 12.4. The number of benzene rings is 1. The summed E-state index contributed by atoms with van der Waals surface area (Å²) in [5.74, 6) is 1.80. The molecule has 6 heteroatoms. The van der Waals surface area contributed by atoms with Crippen LogP contribution in [-0.2, 0) is 11.3 Å². The van der Waals surface area contributed by atoms with Crippen LogP contribution in [0, 0.1) is 11.3 Å². The molecule has 0 fully saturated rings. The molecule has 5 nitrogen and oxygen atoms in total. The van der Waals surface area contributed by atoms with E-state index in [0.717, 1.165) is 10.6 Å². The Labute approximate surface area is 139 Å². The number of hydrogen-bond donors (Lipinski definition) is 0. The zero-order chi connectivity index (χ0) is 16.5. The number of nitrogens with zero attached hydrogens (tertiary/aromatic N) is 2. The first-order valence-corrected chi connectivity index (χ1v) is 8.15. The summed E-state index contributed by atoms with van der Waals surface area (Å²) in [6, 6.07) is 13.3. The summed E-state index contributed by atoms with van der Waals surface area (Å²) >= 11 is 1.46. The highest BCUT2D eigenvalue weighted by atomic mass is 32.2. The fourth-order valence-corrected chi connectivity index (χ4v) is 2.78. The molecule has 0 saturated heterocycles. The first-order chi connectivity index (χ1) is 11.2. The van der Waals surface area contributed by atoms with Gasteiger partial charge in [-0.25, -0.2) is 0 Å². The number of amides is 1. The number of carbonyl (C=O) groups excluding carboxylic acids is 1. The topological polar surface area (TPSA) is 66.5 Å². The predicted octanol–water partition coefficient (Wildman–Crippen LogP) is 3.32. The lowest BCUT2D eigenvalue weighted by Gasteiger charge is -2.20. The molecule has 0 spiro atoms. The van der Waals surface area contributed by atoms with E-state index in [0.29, 0.717) is 31.0 Å². The SMILES string of the molecule is COc1ccc(SCC(=O)N(CCC#N)Cc2ccco2)cc1. The summed E-state index contributed by atoms with van der Waals surface area (Å²) in [6.45, 7) is 0.788. The average Bonchev–Trinajstić information content (AvgIpc) is 3.10. The highest BCUT2D eigenvalue weighted by Gasteiger charge is 2.15. The molecular formula is C17H18N2O3S. The molecule has 0 unspecified atom stereocenters. The summed E-state index contributed by atoms with van der Waals surface area (Å²) in [6.07, 6.45) is 1.88. The van der Waals surface area contributed by atoms with Crippen LogP contribution in [0.25, 0.3) is 0 Å². The minimum absolute atomic E-state index is 0.0162. The Hall–Kier alpha value is -2.39. The number of thioether (sulfide) groups is 1. The Kier molecular flexibility index (Phi) is 6.57. The van der Waals surface area contributed by atoms with Gasteiger partial charge < -0.3 is 14.1 Å². The Balaban J connectivity index is 1.92. The highest BCUT2D eigenvalue weighted by Crippen LogP contribution is 2.22. The lowest BCUT2D eigenvalue weighted by Crippen LogP contribution is -2.32. The minimum atomic E-state index is -0.0162. The Bertz CT molecular complexity index is 647. The molecule has 1 aromatic carbocycles. The second-order valence-corrected chi connectivity index (χ2v) is 5.82. The van der Waals surface area contributed by atoms with Crippen LogP contribution in [0.2, 0.25) is 0 Å². The van der Waals surface area contributed by atoms with E-state index in [4.69, 9.17) is 14.4 Å². The number of methoxy groups -OCH3 is 1. The summed E-state index contributed by atoms with van der Waals surface area (Å²) in [4.78, 5) is 15.1. The average molecular weight is 330 g/mol. The van der Waals surface area contributed by atoms with E-state index in [2.05, 4.69) is 6.07 Å². The molecule has 0 atom stereocenters. The van der Waals surface area contributed by atoms with Crippen molar-refractivity contribution in [1.82, 2.24) is 4.90 Å². The van der Waals surface area contributed by atoms with E-state index in [9.17, 15) is 4.79 Å². The smallest absolute Gasteiger partial charge is 0.233 e. The van der Waals surface area contributed by atoms with Gasteiger partial charge in [0.25, 0.3) is 0 Å². The zero-order valence-corrected chi connectivity index (χ0v) is 13.7. The van der Waals surface area contributed by atoms with Crippen molar-refractivity contribution in [1.29, 1.82) is 5.26 Å². The van der Waals surface area contributed by atoms with Crippen molar-refractivity contribution in [2.45, 2.75) is 17.9 Å². The number of carbonyl (C=O) groups is 1. The molecular weight excluding hydrogens is 312 g/mol. The molecule has 23 heavy (non-hydrogen) atoms. The normalized spacial score (nSPS) is 10.1. The second-order valence-electron chi connectivity index (χ2n) is 4.77. The molecule has 2 rings (SSSR count). The van der Waals surface area contributed by atoms with Gasteiger partial charge in [0.05, 0.1) is 38.2 Å². The zero-order valence-electron chi connectivity index (χ0n) is 12.9. The van der Waals surface area contributed by atoms with Crippen molar-refractivity contribution in [3.63, 3.8) is 0 Å². The van der Waals surface area contributed by atoms with Gasteiger partial charge >= 0.3 is 0 Å². The van der Waals surface area contributed by atoms with E-state index >= 15 is 0 Å². The van der Waals surface area contributed by atoms with Crippen LogP contribution >= 0.6 is 11.8 Å². The maximum Gasteiger partial charge on any atom is 0.233 e. The number of furan rings is 1. The van der Waals surface area contributed by atoms with Crippen molar-refractivity contribution >= 4 is 17.7 Å². The largest absolute Gasteiger partial charge is 0.497 e. The van der Waals surface area contributed by atoms with Crippen LogP contribution in [0.1, 0.15) is 12.2 Å². The Morgan fingerprint density at radius 2 is 2.13 bits per heavy atom. The van der Waals surface area contributed by atoms with Crippen LogP contribution in [0.3, 0.4) is 0 Å². The van der Waals surface area contributed by atoms with Crippen LogP contribution < -0.4 is 4.74 Å². The first kappa shape index (κ1) is 17.0. The molecule has 120 valence electrons. The molecule has 2 aromatic rings. The van der Waals surface area contributed by atoms with Crippen LogP contribution in [0.4, 0.5) is 0 Å². The molecule has 0 bridgehead atoms. The van der Waals surface area contributed by atoms with Crippen molar-refractivity contribution in [3.05, 3.63) is 48.4 Å². The molecule has 1 aromatic heterocycles. The van der Waals surface area contributed by atoms with Gasteiger partial charge in [-0.2, -0.15) is 5.26 Å². The lowest BCUT2D eigenvalue weighted by molar-refractivity contribution is -0.129. The number of rotatable bonds is 8. The molecule has 0 aliphatic rings. The van der Waals surface area contributed by atoms with E-state index in [1.165, 1.54) is 11.8 Å². The monoisotopic (exact) mass is 330 g/mol. The van der Waals surface area contributed by atoms with Gasteiger partial charge in [0, 0.05) is 11.4 Å². The lowest BCUT2D eigenvalue weighted by atomic mass is 10.3. The molecule has 0 N–H and O–H groups in total. The standard InChI is InChI=1S/C17H18N2O3S/c1-21-14-5-7-16(8-6-14)23-13-17(20)19(10-3-9-18)12-15-4-2-11-22-15/h2,4-8,11H,3,10,12-13H2,1H3. The third-order valence-electron chi connectivity index (χ3n) is 3.19. The number of ether oxygens (including phenoxy) is 1. The van der Waals surface area contributed by atoms with Gasteiger partial charge in [0.1, 0.15) is 11.5 Å². The summed E-state index contributed by atoms with van der Waals surface area (Å²) in [5.41, 5.74) is 0. The fraction of sp³-hybridized carbons (Fsp3) is 0.294. The third-order valence-corrected chi connectivity index (χ3v) is 4.19. The number of nitriles is 1. The Morgan fingerprint density at radius 3 is 2.74 bits per heavy atom. The summed E-state index contributed by atoms with van der Waals surface area (Å²) in [7, 11) is 1.62. The van der Waals surface area contributed by atoms with E-state index in [1.54, 1.807) is 24.3 Å². The van der Waals surface area contributed by atoms with Crippen LogP contribution in [-0.4, -0.2) is 30.2 Å².